The number of methoxy groups -OCH3 is 1. The Morgan fingerprint density at radius 1 is 1.21 bits per heavy atom. The Hall–Kier alpha value is -2.84. The van der Waals surface area contributed by atoms with Crippen molar-refractivity contribution in [1.82, 2.24) is 15.2 Å². The molecule has 0 fully saturated rings. The van der Waals surface area contributed by atoms with Gasteiger partial charge < -0.3 is 10.1 Å². The van der Waals surface area contributed by atoms with Gasteiger partial charge in [0.15, 0.2) is 10.9 Å². The lowest BCUT2D eigenvalue weighted by atomic mass is 10.2. The number of thioether (sulfide) groups is 1. The number of halogens is 1. The Labute approximate surface area is 170 Å². The molecular weight excluding hydrogens is 400 g/mol. The molecule has 9 heteroatoms. The Morgan fingerprint density at radius 3 is 2.61 bits per heavy atom. The first-order valence-electron chi connectivity index (χ1n) is 8.31. The van der Waals surface area contributed by atoms with Crippen LogP contribution in [-0.4, -0.2) is 33.4 Å². The molecule has 1 atom stereocenters. The second kappa shape index (κ2) is 8.90. The smallest absolute Gasteiger partial charge is 0.278 e. The first kappa shape index (κ1) is 19.9. The van der Waals surface area contributed by atoms with Crippen LogP contribution in [0.2, 0.25) is 5.02 Å². The number of ether oxygens (including phenoxy) is 1. The van der Waals surface area contributed by atoms with Crippen molar-refractivity contribution in [2.75, 3.05) is 12.4 Å². The van der Waals surface area contributed by atoms with E-state index in [4.69, 9.17) is 16.3 Å². The van der Waals surface area contributed by atoms with E-state index in [0.717, 1.165) is 11.8 Å². The normalized spacial score (nSPS) is 11.7. The van der Waals surface area contributed by atoms with Gasteiger partial charge in [-0.1, -0.05) is 53.7 Å². The van der Waals surface area contributed by atoms with Crippen molar-refractivity contribution in [3.63, 3.8) is 0 Å². The monoisotopic (exact) mass is 416 g/mol. The SMILES string of the molecule is COc1ccc(NC(=O)C(C)Sc2nnc(-c3ccccc3)c(=O)[nH]2)cc1Cl. The minimum absolute atomic E-state index is 0.231. The molecule has 1 amide bonds. The van der Waals surface area contributed by atoms with Crippen molar-refractivity contribution < 1.29 is 9.53 Å². The van der Waals surface area contributed by atoms with Gasteiger partial charge in [0, 0.05) is 11.3 Å². The Bertz CT molecular complexity index is 1040. The number of rotatable bonds is 6. The molecule has 28 heavy (non-hydrogen) atoms. The average molecular weight is 417 g/mol. The third kappa shape index (κ3) is 4.71. The highest BCUT2D eigenvalue weighted by Crippen LogP contribution is 2.28. The molecule has 0 saturated carbocycles. The standard InChI is InChI=1S/C19H17ClN4O3S/c1-11(17(25)21-13-8-9-15(27-2)14(20)10-13)28-19-22-18(26)16(23-24-19)12-6-4-3-5-7-12/h3-11H,1-2H3,(H,21,25)(H,22,24,26). The van der Waals surface area contributed by atoms with Gasteiger partial charge in [0.25, 0.3) is 5.56 Å². The topological polar surface area (TPSA) is 97.0 Å². The van der Waals surface area contributed by atoms with Crippen molar-refractivity contribution in [2.45, 2.75) is 17.3 Å². The number of amides is 1. The number of H-pyrrole nitrogens is 1. The summed E-state index contributed by atoms with van der Waals surface area (Å²) in [5, 5.41) is 10.9. The van der Waals surface area contributed by atoms with Gasteiger partial charge in [0.1, 0.15) is 5.75 Å². The minimum atomic E-state index is -0.520. The van der Waals surface area contributed by atoms with Gasteiger partial charge in [-0.05, 0) is 25.1 Å². The summed E-state index contributed by atoms with van der Waals surface area (Å²) in [6.07, 6.45) is 0. The first-order valence-corrected chi connectivity index (χ1v) is 9.57. The van der Waals surface area contributed by atoms with Gasteiger partial charge in [-0.15, -0.1) is 10.2 Å². The van der Waals surface area contributed by atoms with Gasteiger partial charge in [0.2, 0.25) is 5.91 Å². The highest BCUT2D eigenvalue weighted by Gasteiger charge is 2.18. The summed E-state index contributed by atoms with van der Waals surface area (Å²) in [6.45, 7) is 1.70. The molecule has 0 aliphatic carbocycles. The molecule has 0 aliphatic heterocycles. The predicted octanol–water partition coefficient (Wildman–Crippen LogP) is 3.61. The molecule has 0 saturated heterocycles. The van der Waals surface area contributed by atoms with Gasteiger partial charge >= 0.3 is 0 Å². The Balaban J connectivity index is 1.68. The Morgan fingerprint density at radius 2 is 1.96 bits per heavy atom. The van der Waals surface area contributed by atoms with Crippen LogP contribution in [0.4, 0.5) is 5.69 Å². The summed E-state index contributed by atoms with van der Waals surface area (Å²) in [5.74, 6) is 0.259. The van der Waals surface area contributed by atoms with E-state index in [9.17, 15) is 9.59 Å². The molecule has 1 aromatic heterocycles. The molecule has 2 aromatic carbocycles. The van der Waals surface area contributed by atoms with Crippen molar-refractivity contribution >= 4 is 35.0 Å². The van der Waals surface area contributed by atoms with Crippen molar-refractivity contribution in [3.05, 3.63) is 63.9 Å². The summed E-state index contributed by atoms with van der Waals surface area (Å²) in [5.41, 5.74) is 1.09. The van der Waals surface area contributed by atoms with Gasteiger partial charge in [-0.3, -0.25) is 14.6 Å². The third-order valence-corrected chi connectivity index (χ3v) is 5.07. The number of aromatic nitrogens is 3. The van der Waals surface area contributed by atoms with E-state index in [2.05, 4.69) is 20.5 Å². The van der Waals surface area contributed by atoms with Crippen LogP contribution in [0.1, 0.15) is 6.92 Å². The third-order valence-electron chi connectivity index (χ3n) is 3.80. The lowest BCUT2D eigenvalue weighted by Crippen LogP contribution is -2.23. The summed E-state index contributed by atoms with van der Waals surface area (Å²) < 4.78 is 5.09. The fourth-order valence-electron chi connectivity index (χ4n) is 2.37. The zero-order valence-electron chi connectivity index (χ0n) is 15.1. The maximum atomic E-state index is 12.4. The number of anilines is 1. The summed E-state index contributed by atoms with van der Waals surface area (Å²) in [7, 11) is 1.52. The number of hydrogen-bond acceptors (Lipinski definition) is 6. The molecule has 3 aromatic rings. The van der Waals surface area contributed by atoms with Crippen LogP contribution in [0.15, 0.2) is 58.5 Å². The minimum Gasteiger partial charge on any atom is -0.495 e. The summed E-state index contributed by atoms with van der Waals surface area (Å²) in [4.78, 5) is 27.4. The lowest BCUT2D eigenvalue weighted by Gasteiger charge is -2.12. The van der Waals surface area contributed by atoms with E-state index >= 15 is 0 Å². The van der Waals surface area contributed by atoms with Crippen LogP contribution >= 0.6 is 23.4 Å². The molecule has 3 rings (SSSR count). The highest BCUT2D eigenvalue weighted by atomic mass is 35.5. The number of carbonyl (C=O) groups excluding carboxylic acids is 1. The first-order chi connectivity index (χ1) is 13.5. The molecule has 2 N–H and O–H groups in total. The van der Waals surface area contributed by atoms with E-state index in [1.807, 2.05) is 18.2 Å². The number of carbonyl (C=O) groups is 1. The molecular formula is C19H17ClN4O3S. The van der Waals surface area contributed by atoms with Gasteiger partial charge in [-0.2, -0.15) is 0 Å². The second-order valence-electron chi connectivity index (χ2n) is 5.77. The number of hydrogen-bond donors (Lipinski definition) is 2. The fraction of sp³-hybridized carbons (Fsp3) is 0.158. The van der Waals surface area contributed by atoms with Crippen LogP contribution in [0, 0.1) is 0 Å². The molecule has 144 valence electrons. The number of nitrogens with zero attached hydrogens (tertiary/aromatic N) is 2. The number of benzene rings is 2. The van der Waals surface area contributed by atoms with Crippen LogP contribution in [0.3, 0.4) is 0 Å². The zero-order valence-corrected chi connectivity index (χ0v) is 16.7. The summed E-state index contributed by atoms with van der Waals surface area (Å²) >= 11 is 7.17. The quantitative estimate of drug-likeness (QED) is 0.596. The zero-order chi connectivity index (χ0) is 20.1. The van der Waals surface area contributed by atoms with Gasteiger partial charge in [-0.25, -0.2) is 0 Å². The van der Waals surface area contributed by atoms with E-state index in [0.29, 0.717) is 22.0 Å². The van der Waals surface area contributed by atoms with E-state index in [-0.39, 0.29) is 22.3 Å². The maximum Gasteiger partial charge on any atom is 0.278 e. The molecule has 7 nitrogen and oxygen atoms in total. The fourth-order valence-corrected chi connectivity index (χ4v) is 3.37. The van der Waals surface area contributed by atoms with Gasteiger partial charge in [0.05, 0.1) is 17.4 Å². The summed E-state index contributed by atoms with van der Waals surface area (Å²) in [6, 6.07) is 14.0. The van der Waals surface area contributed by atoms with Crippen molar-refractivity contribution in [3.8, 4) is 17.0 Å². The number of aromatic amines is 1. The molecule has 0 radical (unpaired) electrons. The molecule has 0 aliphatic rings. The maximum absolute atomic E-state index is 12.4. The van der Waals surface area contributed by atoms with Crippen LogP contribution in [0.25, 0.3) is 11.3 Å². The van der Waals surface area contributed by atoms with Crippen molar-refractivity contribution in [2.24, 2.45) is 0 Å². The van der Waals surface area contributed by atoms with Crippen LogP contribution < -0.4 is 15.6 Å². The Kier molecular flexibility index (Phi) is 6.33. The molecule has 0 bridgehead atoms. The van der Waals surface area contributed by atoms with Crippen LogP contribution in [0.5, 0.6) is 5.75 Å². The van der Waals surface area contributed by atoms with Crippen molar-refractivity contribution in [1.29, 1.82) is 0 Å². The number of nitrogens with one attached hydrogen (secondary N) is 2. The molecule has 1 heterocycles. The predicted molar refractivity (Wildman–Crippen MR) is 110 cm³/mol. The second-order valence-corrected chi connectivity index (χ2v) is 7.51. The van der Waals surface area contributed by atoms with E-state index < -0.39 is 5.25 Å². The molecule has 1 unspecified atom stereocenters. The highest BCUT2D eigenvalue weighted by molar-refractivity contribution is 8.00. The van der Waals surface area contributed by atoms with E-state index in [1.54, 1.807) is 37.3 Å². The van der Waals surface area contributed by atoms with Crippen LogP contribution in [-0.2, 0) is 4.79 Å². The molecule has 0 spiro atoms. The average Bonchev–Trinajstić information content (AvgIpc) is 2.69. The van der Waals surface area contributed by atoms with E-state index in [1.165, 1.54) is 7.11 Å². The lowest BCUT2D eigenvalue weighted by molar-refractivity contribution is -0.115. The largest absolute Gasteiger partial charge is 0.495 e.